The molecular formula is C18H26N2O5S. The summed E-state index contributed by atoms with van der Waals surface area (Å²) in [7, 11) is -3.62. The summed E-state index contributed by atoms with van der Waals surface area (Å²) in [5.74, 6) is 0. The molecule has 3 rings (SSSR count). The van der Waals surface area contributed by atoms with Crippen LogP contribution in [0.4, 0.5) is 4.79 Å². The van der Waals surface area contributed by atoms with Crippen molar-refractivity contribution < 1.29 is 22.7 Å². The van der Waals surface area contributed by atoms with Gasteiger partial charge in [0.15, 0.2) is 0 Å². The minimum absolute atomic E-state index is 0.208. The monoisotopic (exact) mass is 382 g/mol. The Morgan fingerprint density at radius 1 is 1.19 bits per heavy atom. The van der Waals surface area contributed by atoms with Crippen LogP contribution in [0.25, 0.3) is 0 Å². The molecule has 2 saturated heterocycles. The first-order valence-corrected chi connectivity index (χ1v) is 10.2. The van der Waals surface area contributed by atoms with Gasteiger partial charge in [-0.15, -0.1) is 0 Å². The van der Waals surface area contributed by atoms with E-state index in [4.69, 9.17) is 9.47 Å². The second kappa shape index (κ2) is 6.83. The summed E-state index contributed by atoms with van der Waals surface area (Å²) in [6.07, 6.45) is -0.762. The van der Waals surface area contributed by atoms with Gasteiger partial charge in [0.05, 0.1) is 23.6 Å². The van der Waals surface area contributed by atoms with Gasteiger partial charge in [0.1, 0.15) is 5.60 Å². The fraction of sp³-hybridized carbons (Fsp3) is 0.611. The molecule has 144 valence electrons. The Morgan fingerprint density at radius 3 is 2.46 bits per heavy atom. The lowest BCUT2D eigenvalue weighted by atomic mass is 10.1. The van der Waals surface area contributed by atoms with E-state index < -0.39 is 21.7 Å². The van der Waals surface area contributed by atoms with Crippen molar-refractivity contribution in [2.75, 3.05) is 26.2 Å². The first kappa shape index (κ1) is 19.1. The average molecular weight is 382 g/mol. The van der Waals surface area contributed by atoms with Gasteiger partial charge in [0, 0.05) is 19.6 Å². The highest BCUT2D eigenvalue weighted by Crippen LogP contribution is 2.29. The van der Waals surface area contributed by atoms with Crippen LogP contribution in [0.2, 0.25) is 0 Å². The number of benzene rings is 1. The van der Waals surface area contributed by atoms with E-state index in [1.54, 1.807) is 29.2 Å². The summed E-state index contributed by atoms with van der Waals surface area (Å²) in [5, 5.41) is 0. The van der Waals surface area contributed by atoms with E-state index in [1.165, 1.54) is 4.31 Å². The van der Waals surface area contributed by atoms with Gasteiger partial charge in [-0.25, -0.2) is 13.2 Å². The highest BCUT2D eigenvalue weighted by atomic mass is 32.2. The van der Waals surface area contributed by atoms with Gasteiger partial charge >= 0.3 is 6.09 Å². The Kier molecular flexibility index (Phi) is 5.02. The van der Waals surface area contributed by atoms with E-state index in [0.717, 1.165) is 5.56 Å². The van der Waals surface area contributed by atoms with Crippen molar-refractivity contribution in [3.63, 3.8) is 0 Å². The third kappa shape index (κ3) is 3.87. The summed E-state index contributed by atoms with van der Waals surface area (Å²) in [5.41, 5.74) is 0.399. The SMILES string of the molecule is Cc1ccc(S(=O)(=O)N2C[C@@H]3OCCN(C(=O)OC(C)(C)C)[C@H]3C2)cc1. The molecule has 0 saturated carbocycles. The number of sulfonamides is 1. The molecule has 8 heteroatoms. The number of morpholine rings is 1. The normalized spacial score (nSPS) is 24.4. The van der Waals surface area contributed by atoms with Crippen LogP contribution in [-0.4, -0.2) is 67.7 Å². The molecule has 0 radical (unpaired) electrons. The number of fused-ring (bicyclic) bond motifs is 1. The summed E-state index contributed by atoms with van der Waals surface area (Å²) in [6, 6.07) is 6.44. The standard InChI is InChI=1S/C18H26N2O5S/c1-13-5-7-14(8-6-13)26(22,23)19-11-15-16(12-19)24-10-9-20(15)17(21)25-18(2,3)4/h5-8,15-16H,9-12H2,1-4H3/t15-,16-/m0/s1. The maximum atomic E-state index is 12.9. The van der Waals surface area contributed by atoms with Gasteiger partial charge in [-0.05, 0) is 39.8 Å². The molecule has 2 atom stereocenters. The van der Waals surface area contributed by atoms with E-state index in [-0.39, 0.29) is 30.1 Å². The van der Waals surface area contributed by atoms with E-state index in [9.17, 15) is 13.2 Å². The molecule has 2 fully saturated rings. The Hall–Kier alpha value is -1.64. The van der Waals surface area contributed by atoms with Crippen molar-refractivity contribution in [1.82, 2.24) is 9.21 Å². The first-order valence-electron chi connectivity index (χ1n) is 8.76. The van der Waals surface area contributed by atoms with Crippen LogP contribution >= 0.6 is 0 Å². The lowest BCUT2D eigenvalue weighted by Crippen LogP contribution is -2.54. The van der Waals surface area contributed by atoms with Gasteiger partial charge in [-0.3, -0.25) is 4.90 Å². The Labute approximate surface area is 154 Å². The molecule has 1 aromatic rings. The van der Waals surface area contributed by atoms with Gasteiger partial charge in [-0.2, -0.15) is 4.31 Å². The van der Waals surface area contributed by atoms with Crippen molar-refractivity contribution in [3.05, 3.63) is 29.8 Å². The summed E-state index contributed by atoms with van der Waals surface area (Å²) in [6.45, 7) is 8.56. The second-order valence-corrected chi connectivity index (χ2v) is 9.72. The number of ether oxygens (including phenoxy) is 2. The molecule has 1 aromatic carbocycles. The Bertz CT molecular complexity index is 770. The predicted octanol–water partition coefficient (Wildman–Crippen LogP) is 2.00. The van der Waals surface area contributed by atoms with Gasteiger partial charge in [-0.1, -0.05) is 17.7 Å². The summed E-state index contributed by atoms with van der Waals surface area (Å²) >= 11 is 0. The number of carbonyl (C=O) groups excluding carboxylic acids is 1. The van der Waals surface area contributed by atoms with Crippen LogP contribution in [0, 0.1) is 6.92 Å². The van der Waals surface area contributed by atoms with E-state index in [0.29, 0.717) is 13.2 Å². The highest BCUT2D eigenvalue weighted by Gasteiger charge is 2.47. The fourth-order valence-electron chi connectivity index (χ4n) is 3.26. The number of nitrogens with zero attached hydrogens (tertiary/aromatic N) is 2. The molecule has 0 N–H and O–H groups in total. The quantitative estimate of drug-likeness (QED) is 0.782. The lowest BCUT2D eigenvalue weighted by molar-refractivity contribution is -0.0568. The Balaban J connectivity index is 1.78. The molecule has 0 spiro atoms. The van der Waals surface area contributed by atoms with Gasteiger partial charge in [0.2, 0.25) is 10.0 Å². The molecule has 0 aromatic heterocycles. The van der Waals surface area contributed by atoms with Crippen molar-refractivity contribution in [3.8, 4) is 0 Å². The number of hydrogen-bond donors (Lipinski definition) is 0. The van der Waals surface area contributed by atoms with Crippen molar-refractivity contribution in [2.45, 2.75) is 50.3 Å². The summed E-state index contributed by atoms with van der Waals surface area (Å²) < 4.78 is 38.5. The lowest BCUT2D eigenvalue weighted by Gasteiger charge is -2.37. The van der Waals surface area contributed by atoms with Crippen LogP contribution in [0.3, 0.4) is 0 Å². The number of rotatable bonds is 2. The van der Waals surface area contributed by atoms with E-state index in [2.05, 4.69) is 0 Å². The number of hydrogen-bond acceptors (Lipinski definition) is 5. The fourth-order valence-corrected chi connectivity index (χ4v) is 4.73. The molecule has 2 heterocycles. The molecule has 26 heavy (non-hydrogen) atoms. The van der Waals surface area contributed by atoms with Gasteiger partial charge in [0.25, 0.3) is 0 Å². The predicted molar refractivity (Wildman–Crippen MR) is 96.4 cm³/mol. The van der Waals surface area contributed by atoms with Crippen molar-refractivity contribution >= 4 is 16.1 Å². The number of carbonyl (C=O) groups is 1. The molecule has 1 amide bonds. The van der Waals surface area contributed by atoms with Gasteiger partial charge < -0.3 is 9.47 Å². The third-order valence-corrected chi connectivity index (χ3v) is 6.40. The van der Waals surface area contributed by atoms with E-state index in [1.807, 2.05) is 27.7 Å². The minimum Gasteiger partial charge on any atom is -0.444 e. The molecule has 0 unspecified atom stereocenters. The topological polar surface area (TPSA) is 76.2 Å². The summed E-state index contributed by atoms with van der Waals surface area (Å²) in [4.78, 5) is 14.4. The van der Waals surface area contributed by atoms with Crippen LogP contribution in [0.1, 0.15) is 26.3 Å². The van der Waals surface area contributed by atoms with Crippen molar-refractivity contribution in [2.24, 2.45) is 0 Å². The van der Waals surface area contributed by atoms with Crippen LogP contribution in [0.5, 0.6) is 0 Å². The maximum absolute atomic E-state index is 12.9. The zero-order valence-electron chi connectivity index (χ0n) is 15.6. The van der Waals surface area contributed by atoms with Crippen molar-refractivity contribution in [1.29, 1.82) is 0 Å². The molecule has 2 aliphatic heterocycles. The minimum atomic E-state index is -3.62. The smallest absolute Gasteiger partial charge is 0.410 e. The molecular weight excluding hydrogens is 356 g/mol. The first-order chi connectivity index (χ1) is 12.1. The van der Waals surface area contributed by atoms with Crippen LogP contribution in [-0.2, 0) is 19.5 Å². The largest absolute Gasteiger partial charge is 0.444 e. The molecule has 7 nitrogen and oxygen atoms in total. The number of amides is 1. The number of aryl methyl sites for hydroxylation is 1. The van der Waals surface area contributed by atoms with Crippen LogP contribution in [0.15, 0.2) is 29.2 Å². The average Bonchev–Trinajstić information content (AvgIpc) is 2.98. The van der Waals surface area contributed by atoms with Crippen LogP contribution < -0.4 is 0 Å². The molecule has 0 aliphatic carbocycles. The third-order valence-electron chi connectivity index (χ3n) is 4.55. The second-order valence-electron chi connectivity index (χ2n) is 7.79. The molecule has 2 aliphatic rings. The maximum Gasteiger partial charge on any atom is 0.410 e. The zero-order valence-corrected chi connectivity index (χ0v) is 16.5. The highest BCUT2D eigenvalue weighted by molar-refractivity contribution is 7.89. The Morgan fingerprint density at radius 2 is 1.85 bits per heavy atom. The zero-order chi connectivity index (χ0) is 19.1. The molecule has 0 bridgehead atoms. The van der Waals surface area contributed by atoms with E-state index >= 15 is 0 Å².